The molecule has 0 spiro atoms. The van der Waals surface area contributed by atoms with E-state index in [1.54, 1.807) is 48.5 Å². The van der Waals surface area contributed by atoms with Gasteiger partial charge in [0.15, 0.2) is 6.61 Å². The quantitative estimate of drug-likeness (QED) is 0.394. The Morgan fingerprint density at radius 2 is 1.73 bits per heavy atom. The van der Waals surface area contributed by atoms with Crippen LogP contribution in [0.3, 0.4) is 0 Å². The lowest BCUT2D eigenvalue weighted by Crippen LogP contribution is -2.20. The van der Waals surface area contributed by atoms with Crippen LogP contribution in [-0.4, -0.2) is 25.5 Å². The second kappa shape index (κ2) is 11.2. The Morgan fingerprint density at radius 1 is 0.970 bits per heavy atom. The molecule has 0 fully saturated rings. The highest BCUT2D eigenvalue weighted by atomic mass is 16.5. The molecule has 0 heterocycles. The molecule has 0 aliphatic heterocycles. The Labute approximate surface area is 192 Å². The first-order valence-electron chi connectivity index (χ1n) is 10.1. The van der Waals surface area contributed by atoms with Crippen molar-refractivity contribution in [1.82, 2.24) is 0 Å². The number of benzene rings is 3. The first-order valence-corrected chi connectivity index (χ1v) is 10.1. The van der Waals surface area contributed by atoms with Gasteiger partial charge < -0.3 is 20.1 Å². The summed E-state index contributed by atoms with van der Waals surface area (Å²) >= 11 is 0. The summed E-state index contributed by atoms with van der Waals surface area (Å²) in [5, 5.41) is 15.0. The third kappa shape index (κ3) is 6.71. The molecular formula is C26H23N3O4. The fourth-order valence-electron chi connectivity index (χ4n) is 2.97. The van der Waals surface area contributed by atoms with E-state index in [-0.39, 0.29) is 18.1 Å². The highest BCUT2D eigenvalue weighted by Gasteiger charge is 2.13. The molecule has 7 heteroatoms. The highest BCUT2D eigenvalue weighted by Crippen LogP contribution is 2.27. The zero-order valence-corrected chi connectivity index (χ0v) is 18.3. The van der Waals surface area contributed by atoms with Crippen LogP contribution in [-0.2, 0) is 9.59 Å². The fraction of sp³-hybridized carbons (Fsp3) is 0.115. The number of ether oxygens (including phenoxy) is 2. The fourth-order valence-corrected chi connectivity index (χ4v) is 2.97. The van der Waals surface area contributed by atoms with Crippen molar-refractivity contribution in [2.45, 2.75) is 6.92 Å². The molecule has 7 nitrogen and oxygen atoms in total. The standard InChI is InChI=1S/C26H23N3O4/c1-18-7-6-10-22(13-18)28-25(30)17-33-24-15-23(32-2)12-11-19(24)14-20(16-27)26(31)29-21-8-4-3-5-9-21/h3-15H,17H2,1-2H3,(H,28,30)(H,29,31)/b20-14+. The van der Waals surface area contributed by atoms with Crippen LogP contribution in [0.5, 0.6) is 11.5 Å². The largest absolute Gasteiger partial charge is 0.497 e. The van der Waals surface area contributed by atoms with Gasteiger partial charge in [-0.25, -0.2) is 0 Å². The second-order valence-corrected chi connectivity index (χ2v) is 7.10. The lowest BCUT2D eigenvalue weighted by atomic mass is 10.1. The van der Waals surface area contributed by atoms with Gasteiger partial charge in [-0.05, 0) is 55.0 Å². The zero-order chi connectivity index (χ0) is 23.6. The number of para-hydroxylation sites is 1. The Bertz CT molecular complexity index is 1210. The van der Waals surface area contributed by atoms with Crippen LogP contribution in [0.1, 0.15) is 11.1 Å². The van der Waals surface area contributed by atoms with E-state index >= 15 is 0 Å². The van der Waals surface area contributed by atoms with Gasteiger partial charge in [-0.3, -0.25) is 9.59 Å². The number of hydrogen-bond donors (Lipinski definition) is 2. The van der Waals surface area contributed by atoms with Crippen molar-refractivity contribution < 1.29 is 19.1 Å². The normalized spacial score (nSPS) is 10.6. The third-order valence-corrected chi connectivity index (χ3v) is 4.58. The zero-order valence-electron chi connectivity index (χ0n) is 18.3. The van der Waals surface area contributed by atoms with Gasteiger partial charge in [0.1, 0.15) is 23.1 Å². The van der Waals surface area contributed by atoms with Crippen molar-refractivity contribution in [3.05, 3.63) is 89.5 Å². The van der Waals surface area contributed by atoms with Crippen LogP contribution >= 0.6 is 0 Å². The van der Waals surface area contributed by atoms with E-state index in [9.17, 15) is 14.9 Å². The van der Waals surface area contributed by atoms with E-state index in [1.165, 1.54) is 13.2 Å². The van der Waals surface area contributed by atoms with E-state index < -0.39 is 5.91 Å². The Morgan fingerprint density at radius 3 is 2.42 bits per heavy atom. The summed E-state index contributed by atoms with van der Waals surface area (Å²) in [4.78, 5) is 24.9. The van der Waals surface area contributed by atoms with Gasteiger partial charge >= 0.3 is 0 Å². The van der Waals surface area contributed by atoms with Crippen LogP contribution in [0.15, 0.2) is 78.4 Å². The van der Waals surface area contributed by atoms with Crippen LogP contribution in [0, 0.1) is 18.3 Å². The SMILES string of the molecule is COc1ccc(/C=C(\C#N)C(=O)Nc2ccccc2)c(OCC(=O)Nc2cccc(C)c2)c1. The van der Waals surface area contributed by atoms with Crippen molar-refractivity contribution in [3.63, 3.8) is 0 Å². The summed E-state index contributed by atoms with van der Waals surface area (Å²) in [5.74, 6) is -0.0918. The molecule has 0 saturated carbocycles. The molecular weight excluding hydrogens is 418 g/mol. The number of nitriles is 1. The maximum atomic E-state index is 12.5. The van der Waals surface area contributed by atoms with Gasteiger partial charge in [0.05, 0.1) is 7.11 Å². The maximum absolute atomic E-state index is 12.5. The van der Waals surface area contributed by atoms with Crippen LogP contribution in [0.25, 0.3) is 6.08 Å². The van der Waals surface area contributed by atoms with Gasteiger partial charge in [-0.2, -0.15) is 5.26 Å². The van der Waals surface area contributed by atoms with Gasteiger partial charge in [0.2, 0.25) is 0 Å². The molecule has 3 aromatic rings. The maximum Gasteiger partial charge on any atom is 0.266 e. The van der Waals surface area contributed by atoms with E-state index in [4.69, 9.17) is 9.47 Å². The van der Waals surface area contributed by atoms with Crippen molar-refractivity contribution in [2.75, 3.05) is 24.4 Å². The number of carbonyl (C=O) groups is 2. The molecule has 0 saturated heterocycles. The van der Waals surface area contributed by atoms with Crippen LogP contribution in [0.4, 0.5) is 11.4 Å². The number of anilines is 2. The smallest absolute Gasteiger partial charge is 0.266 e. The topological polar surface area (TPSA) is 100 Å². The minimum Gasteiger partial charge on any atom is -0.497 e. The Balaban J connectivity index is 1.77. The predicted molar refractivity (Wildman–Crippen MR) is 127 cm³/mol. The van der Waals surface area contributed by atoms with Crippen molar-refractivity contribution >= 4 is 29.3 Å². The molecule has 0 aromatic heterocycles. The van der Waals surface area contributed by atoms with Gasteiger partial charge in [-0.1, -0.05) is 30.3 Å². The Kier molecular flexibility index (Phi) is 7.81. The minimum atomic E-state index is -0.553. The van der Waals surface area contributed by atoms with Gasteiger partial charge in [-0.15, -0.1) is 0 Å². The van der Waals surface area contributed by atoms with Gasteiger partial charge in [0.25, 0.3) is 11.8 Å². The molecule has 0 aliphatic rings. The van der Waals surface area contributed by atoms with E-state index in [2.05, 4.69) is 10.6 Å². The average Bonchev–Trinajstić information content (AvgIpc) is 2.82. The summed E-state index contributed by atoms with van der Waals surface area (Å²) in [5.41, 5.74) is 2.60. The molecule has 33 heavy (non-hydrogen) atoms. The van der Waals surface area contributed by atoms with Crippen LogP contribution < -0.4 is 20.1 Å². The summed E-state index contributed by atoms with van der Waals surface area (Å²) < 4.78 is 10.9. The summed E-state index contributed by atoms with van der Waals surface area (Å²) in [6, 6.07) is 23.1. The number of nitrogens with zero attached hydrogens (tertiary/aromatic N) is 1. The lowest BCUT2D eigenvalue weighted by molar-refractivity contribution is -0.118. The van der Waals surface area contributed by atoms with Crippen molar-refractivity contribution in [2.24, 2.45) is 0 Å². The monoisotopic (exact) mass is 441 g/mol. The number of hydrogen-bond acceptors (Lipinski definition) is 5. The van der Waals surface area contributed by atoms with Crippen molar-refractivity contribution in [3.8, 4) is 17.6 Å². The summed E-state index contributed by atoms with van der Waals surface area (Å²) in [6.07, 6.45) is 1.41. The number of aryl methyl sites for hydroxylation is 1. The van der Waals surface area contributed by atoms with Gasteiger partial charge in [0, 0.05) is 23.0 Å². The van der Waals surface area contributed by atoms with E-state index in [1.807, 2.05) is 37.3 Å². The average molecular weight is 441 g/mol. The molecule has 0 unspecified atom stereocenters. The third-order valence-electron chi connectivity index (χ3n) is 4.58. The molecule has 0 bridgehead atoms. The van der Waals surface area contributed by atoms with Crippen LogP contribution in [0.2, 0.25) is 0 Å². The highest BCUT2D eigenvalue weighted by molar-refractivity contribution is 6.09. The summed E-state index contributed by atoms with van der Waals surface area (Å²) in [6.45, 7) is 1.67. The molecule has 166 valence electrons. The first-order chi connectivity index (χ1) is 16.0. The molecule has 3 aromatic carbocycles. The number of methoxy groups -OCH3 is 1. The Hall–Kier alpha value is -4.57. The van der Waals surface area contributed by atoms with E-state index in [0.29, 0.717) is 28.4 Å². The molecule has 2 N–H and O–H groups in total. The predicted octanol–water partition coefficient (Wildman–Crippen LogP) is 4.57. The molecule has 0 radical (unpaired) electrons. The molecule has 2 amide bonds. The van der Waals surface area contributed by atoms with E-state index in [0.717, 1.165) is 5.56 Å². The minimum absolute atomic E-state index is 0.113. The molecule has 0 aliphatic carbocycles. The number of nitrogens with one attached hydrogen (secondary N) is 2. The molecule has 0 atom stereocenters. The number of rotatable bonds is 8. The number of carbonyl (C=O) groups excluding carboxylic acids is 2. The first kappa shape index (κ1) is 23.1. The molecule has 3 rings (SSSR count). The van der Waals surface area contributed by atoms with Crippen molar-refractivity contribution in [1.29, 1.82) is 5.26 Å². The number of amides is 2. The lowest BCUT2D eigenvalue weighted by Gasteiger charge is -2.12. The summed E-state index contributed by atoms with van der Waals surface area (Å²) in [7, 11) is 1.51. The second-order valence-electron chi connectivity index (χ2n) is 7.10.